The van der Waals surface area contributed by atoms with Crippen LogP contribution in [0, 0.1) is 5.82 Å². The Hall–Kier alpha value is -2.94. The van der Waals surface area contributed by atoms with Gasteiger partial charge >= 0.3 is 0 Å². The van der Waals surface area contributed by atoms with Gasteiger partial charge in [-0.2, -0.15) is 0 Å². The number of phenolic OH excluding ortho intramolecular Hbond substituents is 1. The second-order valence-corrected chi connectivity index (χ2v) is 8.20. The fraction of sp³-hybridized carbons (Fsp3) is 0.250. The summed E-state index contributed by atoms with van der Waals surface area (Å²) < 4.78 is 42.4. The molecule has 168 valence electrons. The summed E-state index contributed by atoms with van der Waals surface area (Å²) in [6.07, 6.45) is -0.420. The van der Waals surface area contributed by atoms with Gasteiger partial charge in [-0.05, 0) is 47.5 Å². The summed E-state index contributed by atoms with van der Waals surface area (Å²) in [6, 6.07) is 17.6. The molecular weight excluding hydrogens is 435 g/mol. The number of aromatic hydroxyl groups is 1. The Labute approximate surface area is 189 Å². The molecule has 4 rings (SSSR count). The second kappa shape index (κ2) is 10.1. The van der Waals surface area contributed by atoms with Crippen LogP contribution in [0.1, 0.15) is 22.5 Å². The van der Waals surface area contributed by atoms with Crippen LogP contribution < -0.4 is 14.2 Å². The third-order valence-corrected chi connectivity index (χ3v) is 6.27. The van der Waals surface area contributed by atoms with Gasteiger partial charge in [-0.15, -0.1) is 11.8 Å². The second-order valence-electron chi connectivity index (χ2n) is 7.05. The van der Waals surface area contributed by atoms with Crippen molar-refractivity contribution < 1.29 is 33.2 Å². The third-order valence-electron chi connectivity index (χ3n) is 4.88. The predicted octanol–water partition coefficient (Wildman–Crippen LogP) is 5.46. The van der Waals surface area contributed by atoms with Gasteiger partial charge in [-0.1, -0.05) is 24.3 Å². The Morgan fingerprint density at radius 2 is 1.69 bits per heavy atom. The summed E-state index contributed by atoms with van der Waals surface area (Å²) in [7, 11) is 3.03. The largest absolute Gasteiger partial charge is 0.508 e. The zero-order valence-corrected chi connectivity index (χ0v) is 18.4. The van der Waals surface area contributed by atoms with Crippen molar-refractivity contribution in [2.75, 3.05) is 27.8 Å². The highest BCUT2D eigenvalue weighted by molar-refractivity contribution is 7.99. The minimum absolute atomic E-state index is 0.0559. The van der Waals surface area contributed by atoms with Gasteiger partial charge in [-0.3, -0.25) is 0 Å². The van der Waals surface area contributed by atoms with Crippen molar-refractivity contribution in [3.8, 4) is 23.0 Å². The Balaban J connectivity index is 1.74. The first-order valence-corrected chi connectivity index (χ1v) is 10.8. The van der Waals surface area contributed by atoms with Crippen LogP contribution in [-0.4, -0.2) is 32.9 Å². The van der Waals surface area contributed by atoms with Crippen molar-refractivity contribution in [1.82, 2.24) is 0 Å². The Morgan fingerprint density at radius 1 is 0.938 bits per heavy atom. The molecule has 0 unspecified atom stereocenters. The number of ether oxygens (including phenoxy) is 5. The quantitative estimate of drug-likeness (QED) is 0.450. The fourth-order valence-corrected chi connectivity index (χ4v) is 4.71. The van der Waals surface area contributed by atoms with E-state index in [-0.39, 0.29) is 30.3 Å². The topological polar surface area (TPSA) is 66.4 Å². The lowest BCUT2D eigenvalue weighted by molar-refractivity contribution is 0.0476. The van der Waals surface area contributed by atoms with Crippen LogP contribution in [0.3, 0.4) is 0 Å². The molecule has 6 nitrogen and oxygen atoms in total. The van der Waals surface area contributed by atoms with Gasteiger partial charge in [0.15, 0.2) is 25.2 Å². The number of methoxy groups -OCH3 is 2. The maximum atomic E-state index is 15.2. The molecule has 0 aromatic heterocycles. The lowest BCUT2D eigenvalue weighted by Gasteiger charge is -2.34. The molecule has 1 N–H and O–H groups in total. The van der Waals surface area contributed by atoms with Gasteiger partial charge in [0.05, 0.1) is 10.1 Å². The fourth-order valence-electron chi connectivity index (χ4n) is 3.40. The van der Waals surface area contributed by atoms with E-state index in [9.17, 15) is 5.11 Å². The molecule has 0 spiro atoms. The van der Waals surface area contributed by atoms with Crippen LogP contribution in [0.4, 0.5) is 4.39 Å². The molecule has 1 aliphatic rings. The van der Waals surface area contributed by atoms with Crippen LogP contribution in [0.2, 0.25) is 0 Å². The Morgan fingerprint density at radius 3 is 2.44 bits per heavy atom. The van der Waals surface area contributed by atoms with E-state index in [1.54, 1.807) is 37.4 Å². The first-order valence-electron chi connectivity index (χ1n) is 9.89. The van der Waals surface area contributed by atoms with E-state index in [4.69, 9.17) is 23.7 Å². The molecule has 0 amide bonds. The molecule has 8 heteroatoms. The van der Waals surface area contributed by atoms with Gasteiger partial charge in [0.1, 0.15) is 23.4 Å². The van der Waals surface area contributed by atoms with Gasteiger partial charge in [0.2, 0.25) is 0 Å². The Bertz CT molecular complexity index is 1060. The molecule has 0 fully saturated rings. The number of hydrogen-bond donors (Lipinski definition) is 1. The molecule has 3 aromatic rings. The number of thioether (sulfide) groups is 1. The summed E-state index contributed by atoms with van der Waals surface area (Å²) in [5.74, 6) is 0.831. The molecule has 0 saturated carbocycles. The molecule has 0 saturated heterocycles. The van der Waals surface area contributed by atoms with Crippen LogP contribution in [-0.2, 0) is 9.47 Å². The van der Waals surface area contributed by atoms with E-state index >= 15 is 4.39 Å². The first-order chi connectivity index (χ1) is 15.6. The van der Waals surface area contributed by atoms with E-state index in [0.717, 1.165) is 11.1 Å². The molecule has 1 aliphatic heterocycles. The van der Waals surface area contributed by atoms with Crippen LogP contribution in [0.25, 0.3) is 0 Å². The van der Waals surface area contributed by atoms with E-state index in [0.29, 0.717) is 16.4 Å². The minimum Gasteiger partial charge on any atom is -0.508 e. The zero-order valence-electron chi connectivity index (χ0n) is 17.6. The van der Waals surface area contributed by atoms with Crippen molar-refractivity contribution in [3.05, 3.63) is 77.6 Å². The third kappa shape index (κ3) is 4.77. The van der Waals surface area contributed by atoms with E-state index in [1.165, 1.54) is 24.9 Å². The Kier molecular flexibility index (Phi) is 7.04. The molecule has 32 heavy (non-hydrogen) atoms. The van der Waals surface area contributed by atoms with Gasteiger partial charge in [-0.25, -0.2) is 4.39 Å². The standard InChI is InChI=1S/C24H23FO6S/c1-27-13-29-18-5-3-4-16(12-18)23-22(15-6-8-17(26)9-7-15)31-20-11-10-19(30-14-28-2)21(25)24(20)32-23/h3-12,22-23,26H,13-14H2,1-2H3/t22-,23+/m0/s1. The smallest absolute Gasteiger partial charge is 0.188 e. The van der Waals surface area contributed by atoms with E-state index < -0.39 is 11.9 Å². The zero-order chi connectivity index (χ0) is 22.5. The van der Waals surface area contributed by atoms with Crippen molar-refractivity contribution in [2.45, 2.75) is 16.2 Å². The number of benzene rings is 3. The molecule has 3 aromatic carbocycles. The highest BCUT2D eigenvalue weighted by Gasteiger charge is 2.36. The molecule has 0 radical (unpaired) electrons. The molecule has 2 atom stereocenters. The first kappa shape index (κ1) is 22.3. The van der Waals surface area contributed by atoms with Gasteiger partial charge in [0.25, 0.3) is 0 Å². The molecule has 1 heterocycles. The van der Waals surface area contributed by atoms with Crippen molar-refractivity contribution in [3.63, 3.8) is 0 Å². The lowest BCUT2D eigenvalue weighted by Crippen LogP contribution is -2.20. The highest BCUT2D eigenvalue weighted by Crippen LogP contribution is 2.55. The van der Waals surface area contributed by atoms with Crippen LogP contribution >= 0.6 is 11.8 Å². The van der Waals surface area contributed by atoms with Crippen LogP contribution in [0.5, 0.6) is 23.0 Å². The lowest BCUT2D eigenvalue weighted by atomic mass is 9.99. The normalized spacial score (nSPS) is 17.3. The van der Waals surface area contributed by atoms with E-state index in [1.807, 2.05) is 24.3 Å². The average molecular weight is 459 g/mol. The number of phenols is 1. The van der Waals surface area contributed by atoms with E-state index in [2.05, 4.69) is 0 Å². The predicted molar refractivity (Wildman–Crippen MR) is 118 cm³/mol. The molecule has 0 bridgehead atoms. The summed E-state index contributed by atoms with van der Waals surface area (Å²) >= 11 is 1.35. The highest BCUT2D eigenvalue weighted by atomic mass is 32.2. The van der Waals surface area contributed by atoms with Gasteiger partial charge in [0, 0.05) is 14.2 Å². The number of hydrogen-bond acceptors (Lipinski definition) is 7. The average Bonchev–Trinajstić information content (AvgIpc) is 2.82. The van der Waals surface area contributed by atoms with Crippen molar-refractivity contribution in [2.24, 2.45) is 0 Å². The SMILES string of the molecule is COCOc1cccc([C@H]2Sc3c(ccc(OCOC)c3F)O[C@H]2c2ccc(O)cc2)c1. The molecule has 0 aliphatic carbocycles. The van der Waals surface area contributed by atoms with Gasteiger partial charge < -0.3 is 28.8 Å². The summed E-state index contributed by atoms with van der Waals surface area (Å²) in [4.78, 5) is 0.363. The number of halogens is 1. The van der Waals surface area contributed by atoms with Crippen LogP contribution in [0.15, 0.2) is 65.6 Å². The summed E-state index contributed by atoms with van der Waals surface area (Å²) in [6.45, 7) is 0.0660. The minimum atomic E-state index is -0.495. The molecular formula is C24H23FO6S. The number of fused-ring (bicyclic) bond motifs is 1. The summed E-state index contributed by atoms with van der Waals surface area (Å²) in [5.41, 5.74) is 1.75. The maximum Gasteiger partial charge on any atom is 0.188 e. The number of rotatable bonds is 8. The maximum absolute atomic E-state index is 15.2. The van der Waals surface area contributed by atoms with Crippen molar-refractivity contribution >= 4 is 11.8 Å². The van der Waals surface area contributed by atoms with Crippen molar-refractivity contribution in [1.29, 1.82) is 0 Å². The summed E-state index contributed by atoms with van der Waals surface area (Å²) in [5, 5.41) is 9.42. The monoisotopic (exact) mass is 458 g/mol.